The molecule has 2 N–H and O–H groups in total. The van der Waals surface area contributed by atoms with Gasteiger partial charge in [-0.05, 0) is 31.2 Å². The molecule has 0 aliphatic heterocycles. The quantitative estimate of drug-likeness (QED) is 0.471. The Balaban J connectivity index is 1.41. The molecular weight excluding hydrogens is 392 g/mol. The summed E-state index contributed by atoms with van der Waals surface area (Å²) in [5.74, 6) is -0.371. The number of aromatic amines is 1. The maximum atomic E-state index is 12.4. The van der Waals surface area contributed by atoms with Crippen LogP contribution in [0.4, 0.5) is 5.69 Å². The van der Waals surface area contributed by atoms with Crippen LogP contribution in [0.1, 0.15) is 5.56 Å². The lowest BCUT2D eigenvalue weighted by molar-refractivity contribution is -0.113. The van der Waals surface area contributed by atoms with Crippen molar-refractivity contribution in [3.05, 3.63) is 71.0 Å². The summed E-state index contributed by atoms with van der Waals surface area (Å²) in [6.07, 6.45) is 1.62. The van der Waals surface area contributed by atoms with Crippen LogP contribution in [-0.2, 0) is 4.79 Å². The summed E-state index contributed by atoms with van der Waals surface area (Å²) in [5.41, 5.74) is 3.29. The second-order valence-corrected chi connectivity index (χ2v) is 7.12. The number of H-pyrrole nitrogens is 1. The molecule has 0 fully saturated rings. The van der Waals surface area contributed by atoms with Crippen molar-refractivity contribution < 1.29 is 9.32 Å². The van der Waals surface area contributed by atoms with Crippen molar-refractivity contribution in [2.75, 3.05) is 11.1 Å². The summed E-state index contributed by atoms with van der Waals surface area (Å²) in [5, 5.41) is 15.1. The zero-order chi connectivity index (χ0) is 20.2. The molecule has 0 saturated heterocycles. The van der Waals surface area contributed by atoms with Gasteiger partial charge < -0.3 is 5.32 Å². The van der Waals surface area contributed by atoms with Crippen molar-refractivity contribution >= 4 is 23.4 Å². The fourth-order valence-electron chi connectivity index (χ4n) is 2.63. The first kappa shape index (κ1) is 18.7. The van der Waals surface area contributed by atoms with Crippen molar-refractivity contribution in [1.82, 2.24) is 24.9 Å². The van der Waals surface area contributed by atoms with E-state index in [0.29, 0.717) is 22.2 Å². The molecule has 2 heterocycles. The first-order valence-corrected chi connectivity index (χ1v) is 9.63. The molecular formula is C19H16N6O3S. The van der Waals surface area contributed by atoms with Crippen LogP contribution in [0.25, 0.3) is 17.1 Å². The molecule has 0 atom stereocenters. The zero-order valence-electron chi connectivity index (χ0n) is 15.3. The predicted molar refractivity (Wildman–Crippen MR) is 108 cm³/mol. The van der Waals surface area contributed by atoms with Gasteiger partial charge in [-0.3, -0.25) is 18.9 Å². The standard InChI is InChI=1S/C19H16N6O3S/c1-12-5-7-15(8-6-12)25-11-20-23-18(25)29-10-16(26)21-14-4-2-3-13(9-14)17-22-19(27)28-24-17/h2-9,11H,10H2,1H3,(H,21,26)(H,22,24,27). The van der Waals surface area contributed by atoms with Crippen LogP contribution in [-0.4, -0.2) is 36.6 Å². The molecule has 4 aromatic rings. The number of benzene rings is 2. The van der Waals surface area contributed by atoms with Crippen LogP contribution in [0.5, 0.6) is 0 Å². The third-order valence-electron chi connectivity index (χ3n) is 4.02. The third kappa shape index (κ3) is 4.43. The monoisotopic (exact) mass is 408 g/mol. The van der Waals surface area contributed by atoms with E-state index in [1.807, 2.05) is 35.8 Å². The Morgan fingerprint density at radius 2 is 2.07 bits per heavy atom. The Morgan fingerprint density at radius 1 is 1.24 bits per heavy atom. The molecule has 1 amide bonds. The maximum absolute atomic E-state index is 12.4. The van der Waals surface area contributed by atoms with Crippen LogP contribution < -0.4 is 11.1 Å². The Labute approximate surface area is 169 Å². The molecule has 10 heteroatoms. The molecule has 0 aliphatic carbocycles. The predicted octanol–water partition coefficient (Wildman–Crippen LogP) is 2.65. The Kier molecular flexibility index (Phi) is 5.25. The molecule has 29 heavy (non-hydrogen) atoms. The van der Waals surface area contributed by atoms with E-state index in [9.17, 15) is 9.59 Å². The normalized spacial score (nSPS) is 10.8. The van der Waals surface area contributed by atoms with Crippen LogP contribution in [0.3, 0.4) is 0 Å². The fourth-order valence-corrected chi connectivity index (χ4v) is 3.36. The summed E-state index contributed by atoms with van der Waals surface area (Å²) in [6.45, 7) is 2.02. The minimum Gasteiger partial charge on any atom is -0.325 e. The molecule has 0 aliphatic rings. The molecule has 0 radical (unpaired) electrons. The van der Waals surface area contributed by atoms with Crippen molar-refractivity contribution in [2.24, 2.45) is 0 Å². The van der Waals surface area contributed by atoms with Gasteiger partial charge in [-0.2, -0.15) is 0 Å². The van der Waals surface area contributed by atoms with Gasteiger partial charge in [-0.15, -0.1) is 10.2 Å². The smallest absolute Gasteiger partial charge is 0.325 e. The van der Waals surface area contributed by atoms with Crippen LogP contribution in [0.15, 0.2) is 69.3 Å². The molecule has 0 bridgehead atoms. The van der Waals surface area contributed by atoms with Gasteiger partial charge in [0.2, 0.25) is 5.91 Å². The lowest BCUT2D eigenvalue weighted by Crippen LogP contribution is -2.14. The molecule has 0 spiro atoms. The van der Waals surface area contributed by atoms with Gasteiger partial charge >= 0.3 is 5.76 Å². The average Bonchev–Trinajstić information content (AvgIpc) is 3.36. The maximum Gasteiger partial charge on any atom is 0.439 e. The first-order valence-electron chi connectivity index (χ1n) is 8.64. The highest BCUT2D eigenvalue weighted by atomic mass is 32.2. The average molecular weight is 408 g/mol. The second kappa shape index (κ2) is 8.15. The Morgan fingerprint density at radius 3 is 2.83 bits per heavy atom. The number of aryl methyl sites for hydroxylation is 1. The van der Waals surface area contributed by atoms with Gasteiger partial charge in [0.25, 0.3) is 0 Å². The SMILES string of the molecule is Cc1ccc(-n2cnnc2SCC(=O)Nc2cccc(-c3noc(=O)[nH]3)c2)cc1. The number of amides is 1. The summed E-state index contributed by atoms with van der Waals surface area (Å²) in [7, 11) is 0. The van der Waals surface area contributed by atoms with Gasteiger partial charge in [-0.25, -0.2) is 4.79 Å². The fraction of sp³-hybridized carbons (Fsp3) is 0.105. The minimum absolute atomic E-state index is 0.162. The number of aromatic nitrogens is 5. The number of anilines is 1. The van der Waals surface area contributed by atoms with E-state index in [1.54, 1.807) is 30.6 Å². The highest BCUT2D eigenvalue weighted by Crippen LogP contribution is 2.21. The van der Waals surface area contributed by atoms with E-state index >= 15 is 0 Å². The highest BCUT2D eigenvalue weighted by Gasteiger charge is 2.11. The molecule has 0 unspecified atom stereocenters. The number of hydrogen-bond acceptors (Lipinski definition) is 7. The highest BCUT2D eigenvalue weighted by molar-refractivity contribution is 7.99. The van der Waals surface area contributed by atoms with E-state index in [2.05, 4.69) is 30.2 Å². The van der Waals surface area contributed by atoms with Gasteiger partial charge in [0.15, 0.2) is 11.0 Å². The van der Waals surface area contributed by atoms with E-state index < -0.39 is 5.76 Å². The second-order valence-electron chi connectivity index (χ2n) is 6.18. The number of thioether (sulfide) groups is 1. The molecule has 2 aromatic heterocycles. The minimum atomic E-state index is -0.636. The number of rotatable bonds is 6. The van der Waals surface area contributed by atoms with E-state index in [0.717, 1.165) is 11.3 Å². The summed E-state index contributed by atoms with van der Waals surface area (Å²) in [6, 6.07) is 14.9. The van der Waals surface area contributed by atoms with Crippen molar-refractivity contribution in [3.63, 3.8) is 0 Å². The summed E-state index contributed by atoms with van der Waals surface area (Å²) in [4.78, 5) is 25.9. The topological polar surface area (TPSA) is 119 Å². The third-order valence-corrected chi connectivity index (χ3v) is 4.96. The zero-order valence-corrected chi connectivity index (χ0v) is 16.1. The van der Waals surface area contributed by atoms with Gasteiger partial charge in [0, 0.05) is 16.9 Å². The van der Waals surface area contributed by atoms with E-state index in [1.165, 1.54) is 11.8 Å². The van der Waals surface area contributed by atoms with Crippen LogP contribution in [0, 0.1) is 6.92 Å². The van der Waals surface area contributed by atoms with Crippen molar-refractivity contribution in [2.45, 2.75) is 12.1 Å². The van der Waals surface area contributed by atoms with E-state index in [4.69, 9.17) is 0 Å². The molecule has 2 aromatic carbocycles. The number of carbonyl (C=O) groups excluding carboxylic acids is 1. The summed E-state index contributed by atoms with van der Waals surface area (Å²) >= 11 is 1.29. The Hall–Kier alpha value is -3.66. The largest absolute Gasteiger partial charge is 0.439 e. The molecule has 9 nitrogen and oxygen atoms in total. The number of nitrogens with zero attached hydrogens (tertiary/aromatic N) is 4. The van der Waals surface area contributed by atoms with Crippen LogP contribution >= 0.6 is 11.8 Å². The van der Waals surface area contributed by atoms with Gasteiger partial charge in [-0.1, -0.05) is 46.7 Å². The lowest BCUT2D eigenvalue weighted by atomic mass is 10.2. The molecule has 0 saturated carbocycles. The van der Waals surface area contributed by atoms with Crippen molar-refractivity contribution in [1.29, 1.82) is 0 Å². The number of nitrogens with one attached hydrogen (secondary N) is 2. The van der Waals surface area contributed by atoms with Crippen molar-refractivity contribution in [3.8, 4) is 17.1 Å². The van der Waals surface area contributed by atoms with E-state index in [-0.39, 0.29) is 11.7 Å². The number of carbonyl (C=O) groups is 1. The molecule has 146 valence electrons. The Bertz CT molecular complexity index is 1190. The number of hydrogen-bond donors (Lipinski definition) is 2. The first-order chi connectivity index (χ1) is 14.1. The molecule has 4 rings (SSSR count). The van der Waals surface area contributed by atoms with Crippen LogP contribution in [0.2, 0.25) is 0 Å². The van der Waals surface area contributed by atoms with Gasteiger partial charge in [0.05, 0.1) is 5.75 Å². The summed E-state index contributed by atoms with van der Waals surface area (Å²) < 4.78 is 6.34. The lowest BCUT2D eigenvalue weighted by Gasteiger charge is -2.08. The van der Waals surface area contributed by atoms with Gasteiger partial charge in [0.1, 0.15) is 6.33 Å².